The van der Waals surface area contributed by atoms with Crippen molar-refractivity contribution in [2.75, 3.05) is 25.6 Å². The first-order valence-electron chi connectivity index (χ1n) is 14.4. The number of aromatic nitrogens is 3. The number of amides is 1. The second-order valence-electron chi connectivity index (χ2n) is 12.3. The molecule has 0 radical (unpaired) electrons. The molecule has 1 spiro atoms. The van der Waals surface area contributed by atoms with E-state index in [2.05, 4.69) is 59.3 Å². The van der Waals surface area contributed by atoms with Gasteiger partial charge in [-0.05, 0) is 93.2 Å². The van der Waals surface area contributed by atoms with E-state index in [4.69, 9.17) is 14.8 Å². The monoisotopic (exact) mass is 526 g/mol. The van der Waals surface area contributed by atoms with Crippen LogP contribution in [0.2, 0.25) is 0 Å². The Bertz CT molecular complexity index is 1430. The van der Waals surface area contributed by atoms with E-state index < -0.39 is 0 Å². The molecule has 8 nitrogen and oxygen atoms in total. The lowest BCUT2D eigenvalue weighted by Crippen LogP contribution is -2.27. The zero-order valence-corrected chi connectivity index (χ0v) is 23.2. The summed E-state index contributed by atoms with van der Waals surface area (Å²) in [5.74, 6) is 1.21. The maximum atomic E-state index is 13.1. The molecule has 3 aliphatic heterocycles. The molecule has 2 N–H and O–H groups in total. The van der Waals surface area contributed by atoms with Crippen LogP contribution in [0.15, 0.2) is 30.5 Å². The molecule has 0 unspecified atom stereocenters. The lowest BCUT2D eigenvalue weighted by atomic mass is 9.90. The third kappa shape index (κ3) is 4.43. The molecular formula is C31H38N6O2. The van der Waals surface area contributed by atoms with Gasteiger partial charge in [0.1, 0.15) is 5.82 Å². The highest BCUT2D eigenvalue weighted by molar-refractivity contribution is 6.06. The Morgan fingerprint density at radius 3 is 2.77 bits per heavy atom. The van der Waals surface area contributed by atoms with Gasteiger partial charge in [-0.3, -0.25) is 14.4 Å². The van der Waals surface area contributed by atoms with Crippen molar-refractivity contribution >= 4 is 17.4 Å². The average Bonchev–Trinajstić information content (AvgIpc) is 3.21. The number of rotatable bonds is 7. The Labute approximate surface area is 230 Å². The summed E-state index contributed by atoms with van der Waals surface area (Å²) in [7, 11) is 2.15. The number of pyridine rings is 1. The van der Waals surface area contributed by atoms with Crippen molar-refractivity contribution in [2.24, 2.45) is 5.41 Å². The van der Waals surface area contributed by atoms with E-state index in [0.717, 1.165) is 79.5 Å². The van der Waals surface area contributed by atoms with E-state index in [1.165, 1.54) is 29.7 Å². The predicted octanol–water partition coefficient (Wildman–Crippen LogP) is 5.00. The van der Waals surface area contributed by atoms with Crippen molar-refractivity contribution in [3.8, 4) is 11.1 Å². The van der Waals surface area contributed by atoms with E-state index in [0.29, 0.717) is 23.9 Å². The molecule has 2 aromatic heterocycles. The topological polar surface area (TPSA) is 84.3 Å². The number of ether oxygens (including phenoxy) is 1. The second kappa shape index (κ2) is 9.45. The van der Waals surface area contributed by atoms with Crippen molar-refractivity contribution in [1.82, 2.24) is 25.0 Å². The summed E-state index contributed by atoms with van der Waals surface area (Å²) in [4.78, 5) is 20.5. The molecule has 1 aliphatic carbocycles. The van der Waals surface area contributed by atoms with Crippen molar-refractivity contribution in [3.05, 3.63) is 58.5 Å². The summed E-state index contributed by atoms with van der Waals surface area (Å²) in [6.07, 6.45) is 7.74. The van der Waals surface area contributed by atoms with Gasteiger partial charge in [0.05, 0.1) is 23.1 Å². The first-order valence-corrected chi connectivity index (χ1v) is 14.4. The molecule has 5 heterocycles. The van der Waals surface area contributed by atoms with Crippen LogP contribution < -0.4 is 10.6 Å². The Morgan fingerprint density at radius 1 is 1.18 bits per heavy atom. The molecule has 0 bridgehead atoms. The molecule has 1 saturated heterocycles. The number of hydrogen-bond donors (Lipinski definition) is 2. The van der Waals surface area contributed by atoms with E-state index >= 15 is 0 Å². The number of anilines is 2. The number of carbonyl (C=O) groups excluding carboxylic acids is 1. The number of hydrogen-bond acceptors (Lipinski definition) is 6. The average molecular weight is 527 g/mol. The minimum atomic E-state index is -0.0320. The lowest BCUT2D eigenvalue weighted by Gasteiger charge is -2.27. The Balaban J connectivity index is 1.22. The summed E-state index contributed by atoms with van der Waals surface area (Å²) < 4.78 is 7.81. The SMILES string of the molecule is CC(C)N(C)Cc1nc(Nc2ccc(-c3cnn4c3CC3(CC3)C4)c3c2C(=O)NC3)ccc1C1CCOCC1. The quantitative estimate of drug-likeness (QED) is 0.451. The fourth-order valence-electron chi connectivity index (χ4n) is 6.55. The molecule has 2 fully saturated rings. The Hall–Kier alpha value is -3.23. The van der Waals surface area contributed by atoms with Crippen LogP contribution in [0.4, 0.5) is 11.5 Å². The van der Waals surface area contributed by atoms with Gasteiger partial charge in [0.2, 0.25) is 0 Å². The third-order valence-corrected chi connectivity index (χ3v) is 9.40. The highest BCUT2D eigenvalue weighted by atomic mass is 16.5. The normalized spacial score (nSPS) is 19.6. The molecular weight excluding hydrogens is 488 g/mol. The van der Waals surface area contributed by atoms with Crippen LogP contribution >= 0.6 is 0 Å². The molecule has 8 heteroatoms. The minimum Gasteiger partial charge on any atom is -0.381 e. The zero-order chi connectivity index (χ0) is 26.7. The maximum Gasteiger partial charge on any atom is 0.254 e. The van der Waals surface area contributed by atoms with E-state index in [1.807, 2.05) is 12.3 Å². The number of carbonyl (C=O) groups is 1. The van der Waals surface area contributed by atoms with Crippen molar-refractivity contribution < 1.29 is 9.53 Å². The molecule has 1 amide bonds. The van der Waals surface area contributed by atoms with Crippen LogP contribution in [0, 0.1) is 5.41 Å². The molecule has 39 heavy (non-hydrogen) atoms. The van der Waals surface area contributed by atoms with Gasteiger partial charge < -0.3 is 15.4 Å². The fraction of sp³-hybridized carbons (Fsp3) is 0.516. The highest BCUT2D eigenvalue weighted by Crippen LogP contribution is 2.54. The van der Waals surface area contributed by atoms with Gasteiger partial charge in [-0.1, -0.05) is 12.1 Å². The van der Waals surface area contributed by atoms with Crippen molar-refractivity contribution in [1.29, 1.82) is 0 Å². The van der Waals surface area contributed by atoms with Crippen LogP contribution in [0.1, 0.15) is 78.3 Å². The van der Waals surface area contributed by atoms with Gasteiger partial charge in [0.15, 0.2) is 0 Å². The van der Waals surface area contributed by atoms with E-state index in [-0.39, 0.29) is 5.91 Å². The standard InChI is InChI=1S/C31H38N6O2/c1-19(2)36(3)17-26-21(20-8-12-39-13-9-20)5-7-28(35-26)34-25-6-4-22(24-15-32-30(38)29(24)25)23-16-33-37-18-31(10-11-31)14-27(23)37/h4-7,16,19-20H,8-15,17-18H2,1-3H3,(H,32,38)(H,34,35). The van der Waals surface area contributed by atoms with Crippen LogP contribution in [0.5, 0.6) is 0 Å². The highest BCUT2D eigenvalue weighted by Gasteiger charge is 2.49. The van der Waals surface area contributed by atoms with Gasteiger partial charge in [-0.2, -0.15) is 5.10 Å². The molecule has 1 aromatic carbocycles. The van der Waals surface area contributed by atoms with Gasteiger partial charge in [-0.15, -0.1) is 0 Å². The fourth-order valence-corrected chi connectivity index (χ4v) is 6.55. The summed E-state index contributed by atoms with van der Waals surface area (Å²) in [6, 6.07) is 8.91. The molecule has 7 rings (SSSR count). The third-order valence-electron chi connectivity index (χ3n) is 9.40. The first-order chi connectivity index (χ1) is 18.9. The number of fused-ring (bicyclic) bond motifs is 2. The molecule has 4 aliphatic rings. The van der Waals surface area contributed by atoms with E-state index in [9.17, 15) is 4.79 Å². The number of benzene rings is 1. The van der Waals surface area contributed by atoms with Gasteiger partial charge in [0, 0.05) is 50.1 Å². The van der Waals surface area contributed by atoms with Gasteiger partial charge in [-0.25, -0.2) is 4.98 Å². The van der Waals surface area contributed by atoms with Crippen LogP contribution in [-0.2, 0) is 30.8 Å². The largest absolute Gasteiger partial charge is 0.381 e. The molecule has 3 aromatic rings. The molecule has 204 valence electrons. The predicted molar refractivity (Wildman–Crippen MR) is 151 cm³/mol. The Kier molecular flexibility index (Phi) is 6.01. The second-order valence-corrected chi connectivity index (χ2v) is 12.3. The maximum absolute atomic E-state index is 13.1. The molecule has 1 saturated carbocycles. The number of nitrogens with one attached hydrogen (secondary N) is 2. The van der Waals surface area contributed by atoms with Gasteiger partial charge >= 0.3 is 0 Å². The lowest BCUT2D eigenvalue weighted by molar-refractivity contribution is 0.0848. The van der Waals surface area contributed by atoms with Crippen LogP contribution in [0.3, 0.4) is 0 Å². The summed E-state index contributed by atoms with van der Waals surface area (Å²) in [6.45, 7) is 8.38. The van der Waals surface area contributed by atoms with Crippen molar-refractivity contribution in [2.45, 2.75) is 77.5 Å². The minimum absolute atomic E-state index is 0.0320. The zero-order valence-electron chi connectivity index (χ0n) is 23.2. The first kappa shape index (κ1) is 24.8. The summed E-state index contributed by atoms with van der Waals surface area (Å²) in [5, 5.41) is 11.3. The van der Waals surface area contributed by atoms with Crippen LogP contribution in [-0.4, -0.2) is 51.9 Å². The summed E-state index contributed by atoms with van der Waals surface area (Å²) >= 11 is 0. The molecule has 0 atom stereocenters. The smallest absolute Gasteiger partial charge is 0.254 e. The number of nitrogens with zero attached hydrogens (tertiary/aromatic N) is 4. The van der Waals surface area contributed by atoms with Crippen LogP contribution in [0.25, 0.3) is 11.1 Å². The Morgan fingerprint density at radius 2 is 2.00 bits per heavy atom. The summed E-state index contributed by atoms with van der Waals surface area (Å²) in [5.41, 5.74) is 9.06. The van der Waals surface area contributed by atoms with E-state index in [1.54, 1.807) is 0 Å². The van der Waals surface area contributed by atoms with Crippen molar-refractivity contribution in [3.63, 3.8) is 0 Å². The van der Waals surface area contributed by atoms with Gasteiger partial charge in [0.25, 0.3) is 5.91 Å².